The van der Waals surface area contributed by atoms with E-state index in [0.29, 0.717) is 5.69 Å². The molecular weight excluding hydrogens is 362 g/mol. The van der Waals surface area contributed by atoms with E-state index < -0.39 is 4.92 Å². The van der Waals surface area contributed by atoms with Crippen molar-refractivity contribution in [3.63, 3.8) is 0 Å². The Bertz CT molecular complexity index is 1150. The summed E-state index contributed by atoms with van der Waals surface area (Å²) < 4.78 is 1.09. The number of hydrogen-bond donors (Lipinski definition) is 1. The molecule has 27 heavy (non-hydrogen) atoms. The number of aromatic hydroxyl groups is 1. The molecule has 1 N–H and O–H groups in total. The summed E-state index contributed by atoms with van der Waals surface area (Å²) >= 11 is 1.57. The van der Waals surface area contributed by atoms with E-state index in [1.807, 2.05) is 48.5 Å². The highest BCUT2D eigenvalue weighted by atomic mass is 32.1. The molecule has 0 atom stereocenters. The maximum absolute atomic E-state index is 10.9. The van der Waals surface area contributed by atoms with Crippen LogP contribution in [0.5, 0.6) is 5.75 Å². The van der Waals surface area contributed by atoms with Crippen molar-refractivity contribution in [1.82, 2.24) is 4.98 Å². The number of phenols is 1. The monoisotopic (exact) mass is 375 g/mol. The zero-order valence-electron chi connectivity index (χ0n) is 13.9. The molecule has 3 aromatic carbocycles. The summed E-state index contributed by atoms with van der Waals surface area (Å²) in [7, 11) is 0. The Morgan fingerprint density at radius 2 is 1.85 bits per heavy atom. The molecule has 132 valence electrons. The van der Waals surface area contributed by atoms with E-state index in [1.54, 1.807) is 11.3 Å². The van der Waals surface area contributed by atoms with Gasteiger partial charge in [-0.3, -0.25) is 15.1 Å². The maximum Gasteiger partial charge on any atom is 0.270 e. The molecule has 7 heteroatoms. The van der Waals surface area contributed by atoms with Gasteiger partial charge in [-0.25, -0.2) is 4.98 Å². The fourth-order valence-corrected chi connectivity index (χ4v) is 3.65. The molecule has 0 spiro atoms. The van der Waals surface area contributed by atoms with Gasteiger partial charge >= 0.3 is 0 Å². The molecule has 0 bridgehead atoms. The number of rotatable bonds is 4. The summed E-state index contributed by atoms with van der Waals surface area (Å²) in [4.78, 5) is 19.5. The van der Waals surface area contributed by atoms with Gasteiger partial charge in [0.05, 0.1) is 20.8 Å². The number of benzene rings is 3. The molecule has 0 saturated heterocycles. The van der Waals surface area contributed by atoms with Gasteiger partial charge in [0.25, 0.3) is 5.69 Å². The zero-order valence-corrected chi connectivity index (χ0v) is 14.8. The highest BCUT2D eigenvalue weighted by Gasteiger charge is 2.11. The van der Waals surface area contributed by atoms with E-state index in [4.69, 9.17) is 0 Å². The first-order chi connectivity index (χ1) is 13.1. The molecule has 0 aliphatic carbocycles. The van der Waals surface area contributed by atoms with E-state index in [9.17, 15) is 15.2 Å². The molecule has 0 fully saturated rings. The molecule has 1 heterocycles. The summed E-state index contributed by atoms with van der Waals surface area (Å²) in [5.41, 5.74) is 2.63. The zero-order chi connectivity index (χ0) is 18.8. The van der Waals surface area contributed by atoms with Crippen LogP contribution in [0.1, 0.15) is 5.56 Å². The van der Waals surface area contributed by atoms with E-state index in [0.717, 1.165) is 20.8 Å². The predicted molar refractivity (Wildman–Crippen MR) is 107 cm³/mol. The molecule has 0 aliphatic rings. The second kappa shape index (κ2) is 6.97. The first kappa shape index (κ1) is 16.9. The number of phenolic OH excluding ortho intramolecular Hbond substituents is 1. The van der Waals surface area contributed by atoms with Crippen LogP contribution in [0.25, 0.3) is 20.8 Å². The standard InChI is InChI=1S/C20H13N3O3S/c24-18-10-9-14(23(25)26)11-13(18)12-21-16-6-2-1-5-15(16)20-22-17-7-3-4-8-19(17)27-20/h1-12,24H/b21-12+. The summed E-state index contributed by atoms with van der Waals surface area (Å²) in [5.74, 6) is -0.0678. The number of aromatic nitrogens is 1. The third kappa shape index (κ3) is 3.40. The van der Waals surface area contributed by atoms with E-state index in [-0.39, 0.29) is 17.0 Å². The maximum atomic E-state index is 10.9. The molecular formula is C20H13N3O3S. The van der Waals surface area contributed by atoms with E-state index in [1.165, 1.54) is 24.4 Å². The number of fused-ring (bicyclic) bond motifs is 1. The fourth-order valence-electron chi connectivity index (χ4n) is 2.65. The Morgan fingerprint density at radius 1 is 1.07 bits per heavy atom. The van der Waals surface area contributed by atoms with Crippen LogP contribution in [0, 0.1) is 10.1 Å². The lowest BCUT2D eigenvalue weighted by Crippen LogP contribution is -1.90. The number of para-hydroxylation sites is 2. The van der Waals surface area contributed by atoms with Crippen molar-refractivity contribution in [2.24, 2.45) is 4.99 Å². The van der Waals surface area contributed by atoms with Crippen LogP contribution in [0.4, 0.5) is 11.4 Å². The van der Waals surface area contributed by atoms with Crippen LogP contribution in [0.15, 0.2) is 71.7 Å². The molecule has 6 nitrogen and oxygen atoms in total. The Labute approximate surface area is 158 Å². The molecule has 4 aromatic rings. The van der Waals surface area contributed by atoms with Crippen LogP contribution < -0.4 is 0 Å². The van der Waals surface area contributed by atoms with Gasteiger partial charge in [-0.1, -0.05) is 24.3 Å². The molecule has 0 radical (unpaired) electrons. The largest absolute Gasteiger partial charge is 0.507 e. The summed E-state index contributed by atoms with van der Waals surface area (Å²) in [6.07, 6.45) is 1.43. The highest BCUT2D eigenvalue weighted by Crippen LogP contribution is 2.35. The summed E-state index contributed by atoms with van der Waals surface area (Å²) in [6, 6.07) is 19.3. The average Bonchev–Trinajstić information content (AvgIpc) is 3.11. The second-order valence-electron chi connectivity index (χ2n) is 5.76. The van der Waals surface area contributed by atoms with Crippen LogP contribution in [-0.2, 0) is 0 Å². The van der Waals surface area contributed by atoms with Crippen molar-refractivity contribution in [3.8, 4) is 16.3 Å². The molecule has 0 amide bonds. The first-order valence-electron chi connectivity index (χ1n) is 8.08. The smallest absolute Gasteiger partial charge is 0.270 e. The SMILES string of the molecule is O=[N+]([O-])c1ccc(O)c(/C=N/c2ccccc2-c2nc3ccccc3s2)c1. The number of nitro groups is 1. The second-order valence-corrected chi connectivity index (χ2v) is 6.79. The molecule has 0 unspecified atom stereocenters. The first-order valence-corrected chi connectivity index (χ1v) is 8.90. The Hall–Kier alpha value is -3.58. The van der Waals surface area contributed by atoms with Crippen molar-refractivity contribution < 1.29 is 10.0 Å². The molecule has 0 aliphatic heterocycles. The Balaban J connectivity index is 1.75. The minimum Gasteiger partial charge on any atom is -0.507 e. The van der Waals surface area contributed by atoms with E-state index >= 15 is 0 Å². The number of thiazole rings is 1. The van der Waals surface area contributed by atoms with Gasteiger partial charge in [0.2, 0.25) is 0 Å². The number of nitro benzene ring substituents is 1. The van der Waals surface area contributed by atoms with Crippen LogP contribution in [-0.4, -0.2) is 21.2 Å². The van der Waals surface area contributed by atoms with Gasteiger partial charge in [-0.15, -0.1) is 11.3 Å². The molecule has 1 aromatic heterocycles. The van der Waals surface area contributed by atoms with Crippen molar-refractivity contribution in [2.45, 2.75) is 0 Å². The Kier molecular flexibility index (Phi) is 4.35. The quantitative estimate of drug-likeness (QED) is 0.297. The summed E-state index contributed by atoms with van der Waals surface area (Å²) in [6.45, 7) is 0. The topological polar surface area (TPSA) is 88.6 Å². The minimum absolute atomic E-state index is 0.0678. The van der Waals surface area contributed by atoms with Gasteiger partial charge in [-0.05, 0) is 30.3 Å². The lowest BCUT2D eigenvalue weighted by Gasteiger charge is -2.02. The van der Waals surface area contributed by atoms with Gasteiger partial charge in [0.1, 0.15) is 10.8 Å². The van der Waals surface area contributed by atoms with Crippen LogP contribution in [0.3, 0.4) is 0 Å². The van der Waals surface area contributed by atoms with Gasteiger partial charge in [0.15, 0.2) is 0 Å². The fraction of sp³-hybridized carbons (Fsp3) is 0. The van der Waals surface area contributed by atoms with Gasteiger partial charge < -0.3 is 5.11 Å². The highest BCUT2D eigenvalue weighted by molar-refractivity contribution is 7.21. The van der Waals surface area contributed by atoms with Crippen molar-refractivity contribution >= 4 is 39.1 Å². The van der Waals surface area contributed by atoms with Gasteiger partial charge in [-0.2, -0.15) is 0 Å². The van der Waals surface area contributed by atoms with Crippen LogP contribution in [0.2, 0.25) is 0 Å². The number of non-ortho nitro benzene ring substituents is 1. The summed E-state index contributed by atoms with van der Waals surface area (Å²) in [5, 5.41) is 21.7. The third-order valence-electron chi connectivity index (χ3n) is 3.99. The van der Waals surface area contributed by atoms with Gasteiger partial charge in [0, 0.05) is 29.5 Å². The van der Waals surface area contributed by atoms with Crippen LogP contribution >= 0.6 is 11.3 Å². The minimum atomic E-state index is -0.508. The van der Waals surface area contributed by atoms with E-state index in [2.05, 4.69) is 9.98 Å². The van der Waals surface area contributed by atoms with Crippen molar-refractivity contribution in [1.29, 1.82) is 0 Å². The lowest BCUT2D eigenvalue weighted by atomic mass is 10.1. The van der Waals surface area contributed by atoms with Crippen molar-refractivity contribution in [2.75, 3.05) is 0 Å². The Morgan fingerprint density at radius 3 is 2.67 bits per heavy atom. The third-order valence-corrected chi connectivity index (χ3v) is 5.06. The lowest BCUT2D eigenvalue weighted by molar-refractivity contribution is -0.384. The normalized spacial score (nSPS) is 11.3. The molecule has 4 rings (SSSR count). The molecule has 0 saturated carbocycles. The number of aliphatic imine (C=N–C) groups is 1. The van der Waals surface area contributed by atoms with Crippen molar-refractivity contribution in [3.05, 3.63) is 82.4 Å². The predicted octanol–water partition coefficient (Wildman–Crippen LogP) is 5.33. The average molecular weight is 375 g/mol. The number of nitrogens with zero attached hydrogens (tertiary/aromatic N) is 3. The number of hydrogen-bond acceptors (Lipinski definition) is 6.